The van der Waals surface area contributed by atoms with Gasteiger partial charge in [0.2, 0.25) is 0 Å². The second-order valence-corrected chi connectivity index (χ2v) is 3.66. The molecule has 1 N–H and O–H groups in total. The highest BCUT2D eigenvalue weighted by Crippen LogP contribution is 2.12. The van der Waals surface area contributed by atoms with Gasteiger partial charge in [-0.15, -0.1) is 0 Å². The highest BCUT2D eigenvalue weighted by Gasteiger charge is 2.26. The van der Waals surface area contributed by atoms with Crippen LogP contribution in [0.3, 0.4) is 0 Å². The molecular formula is C8H16N2O. The minimum absolute atomic E-state index is 0.0439. The summed E-state index contributed by atoms with van der Waals surface area (Å²) in [4.78, 5) is 4.77. The van der Waals surface area contributed by atoms with Crippen molar-refractivity contribution in [3.8, 4) is 0 Å². The number of hydrogen-bond acceptors (Lipinski definition) is 3. The van der Waals surface area contributed by atoms with Crippen molar-refractivity contribution in [2.45, 2.75) is 18.9 Å². The first kappa shape index (κ1) is 7.53. The zero-order chi connectivity index (χ0) is 7.68. The summed E-state index contributed by atoms with van der Waals surface area (Å²) in [7, 11) is 0. The molecule has 2 fully saturated rings. The predicted molar refractivity (Wildman–Crippen MR) is 43.3 cm³/mol. The lowest BCUT2D eigenvalue weighted by Gasteiger charge is -2.38. The summed E-state index contributed by atoms with van der Waals surface area (Å²) in [6.45, 7) is 5.36. The molecule has 0 spiro atoms. The molecule has 0 aromatic carbocycles. The van der Waals surface area contributed by atoms with Crippen LogP contribution in [-0.2, 0) is 0 Å². The summed E-state index contributed by atoms with van der Waals surface area (Å²) in [5, 5.41) is 9.03. The molecule has 0 radical (unpaired) electrons. The third-order valence-corrected chi connectivity index (χ3v) is 2.54. The summed E-state index contributed by atoms with van der Waals surface area (Å²) in [6.07, 6.45) is 2.67. The largest absolute Gasteiger partial charge is 0.390 e. The average molecular weight is 156 g/mol. The van der Waals surface area contributed by atoms with E-state index in [-0.39, 0.29) is 6.10 Å². The third kappa shape index (κ3) is 1.72. The average Bonchev–Trinajstić information content (AvgIpc) is 2.36. The maximum absolute atomic E-state index is 9.03. The zero-order valence-electron chi connectivity index (χ0n) is 6.87. The van der Waals surface area contributed by atoms with E-state index in [1.165, 1.54) is 25.9 Å². The SMILES string of the molecule is OC1CN(CN2CCCC2)C1. The van der Waals surface area contributed by atoms with E-state index < -0.39 is 0 Å². The number of β-amino-alcohol motifs (C(OH)–C–C–N with tert-alkyl or cyclic N) is 1. The summed E-state index contributed by atoms with van der Waals surface area (Å²) in [5.74, 6) is 0. The Bertz CT molecular complexity index is 128. The number of nitrogens with zero attached hydrogens (tertiary/aromatic N) is 2. The fraction of sp³-hybridized carbons (Fsp3) is 1.00. The Balaban J connectivity index is 1.66. The van der Waals surface area contributed by atoms with Crippen molar-refractivity contribution in [2.75, 3.05) is 32.8 Å². The van der Waals surface area contributed by atoms with Gasteiger partial charge in [-0.2, -0.15) is 0 Å². The van der Waals surface area contributed by atoms with Gasteiger partial charge in [0.25, 0.3) is 0 Å². The molecule has 0 aromatic rings. The van der Waals surface area contributed by atoms with Gasteiger partial charge in [0.05, 0.1) is 12.8 Å². The van der Waals surface area contributed by atoms with Crippen LogP contribution in [0.4, 0.5) is 0 Å². The molecule has 2 aliphatic rings. The van der Waals surface area contributed by atoms with Gasteiger partial charge in [0, 0.05) is 13.1 Å². The van der Waals surface area contributed by atoms with Crippen LogP contribution in [0, 0.1) is 0 Å². The first-order chi connectivity index (χ1) is 5.34. The van der Waals surface area contributed by atoms with Crippen molar-refractivity contribution in [2.24, 2.45) is 0 Å². The van der Waals surface area contributed by atoms with Gasteiger partial charge in [0.1, 0.15) is 0 Å². The van der Waals surface area contributed by atoms with Crippen molar-refractivity contribution >= 4 is 0 Å². The molecule has 0 amide bonds. The minimum Gasteiger partial charge on any atom is -0.390 e. The molecule has 3 heteroatoms. The standard InChI is InChI=1S/C8H16N2O/c11-8-5-10(6-8)7-9-3-1-2-4-9/h8,11H,1-7H2. The first-order valence-electron chi connectivity index (χ1n) is 4.47. The normalized spacial score (nSPS) is 29.2. The van der Waals surface area contributed by atoms with Crippen LogP contribution in [0.1, 0.15) is 12.8 Å². The fourth-order valence-electron chi connectivity index (χ4n) is 1.86. The lowest BCUT2D eigenvalue weighted by molar-refractivity contribution is -0.0249. The predicted octanol–water partition coefficient (Wildman–Crippen LogP) is -0.284. The number of rotatable bonds is 2. The highest BCUT2D eigenvalue weighted by atomic mass is 16.3. The van der Waals surface area contributed by atoms with Gasteiger partial charge < -0.3 is 5.11 Å². The van der Waals surface area contributed by atoms with E-state index in [1.807, 2.05) is 0 Å². The summed E-state index contributed by atoms with van der Waals surface area (Å²) in [6, 6.07) is 0. The van der Waals surface area contributed by atoms with E-state index in [9.17, 15) is 0 Å². The molecule has 64 valence electrons. The van der Waals surface area contributed by atoms with Crippen LogP contribution in [0.5, 0.6) is 0 Å². The lowest BCUT2D eigenvalue weighted by atomic mass is 10.2. The smallest absolute Gasteiger partial charge is 0.0794 e. The fourth-order valence-corrected chi connectivity index (χ4v) is 1.86. The van der Waals surface area contributed by atoms with Crippen molar-refractivity contribution in [3.05, 3.63) is 0 Å². The van der Waals surface area contributed by atoms with Crippen LogP contribution >= 0.6 is 0 Å². The van der Waals surface area contributed by atoms with E-state index >= 15 is 0 Å². The van der Waals surface area contributed by atoms with Gasteiger partial charge in [-0.1, -0.05) is 0 Å². The number of likely N-dealkylation sites (tertiary alicyclic amines) is 2. The Morgan fingerprint density at radius 1 is 1.09 bits per heavy atom. The first-order valence-corrected chi connectivity index (χ1v) is 4.47. The lowest BCUT2D eigenvalue weighted by Crippen LogP contribution is -2.54. The quantitative estimate of drug-likeness (QED) is 0.595. The summed E-state index contributed by atoms with van der Waals surface area (Å²) >= 11 is 0. The topological polar surface area (TPSA) is 26.7 Å². The minimum atomic E-state index is -0.0439. The van der Waals surface area contributed by atoms with Crippen molar-refractivity contribution in [3.63, 3.8) is 0 Å². The zero-order valence-corrected chi connectivity index (χ0v) is 6.87. The number of hydrogen-bond donors (Lipinski definition) is 1. The number of aliphatic hydroxyl groups is 1. The molecule has 3 nitrogen and oxygen atoms in total. The molecule has 0 atom stereocenters. The Hall–Kier alpha value is -0.120. The van der Waals surface area contributed by atoms with Gasteiger partial charge in [-0.05, 0) is 25.9 Å². The van der Waals surface area contributed by atoms with Crippen LogP contribution in [0.15, 0.2) is 0 Å². The molecule has 2 saturated heterocycles. The molecule has 11 heavy (non-hydrogen) atoms. The van der Waals surface area contributed by atoms with E-state index in [0.717, 1.165) is 19.8 Å². The van der Waals surface area contributed by atoms with Crippen molar-refractivity contribution in [1.29, 1.82) is 0 Å². The monoisotopic (exact) mass is 156 g/mol. The molecule has 0 unspecified atom stereocenters. The van der Waals surface area contributed by atoms with Crippen molar-refractivity contribution in [1.82, 2.24) is 9.80 Å². The van der Waals surface area contributed by atoms with Crippen LogP contribution < -0.4 is 0 Å². The Morgan fingerprint density at radius 2 is 1.73 bits per heavy atom. The van der Waals surface area contributed by atoms with E-state index in [2.05, 4.69) is 9.80 Å². The summed E-state index contributed by atoms with van der Waals surface area (Å²) < 4.78 is 0. The summed E-state index contributed by atoms with van der Waals surface area (Å²) in [5.41, 5.74) is 0. The number of aliphatic hydroxyl groups excluding tert-OH is 1. The Morgan fingerprint density at radius 3 is 2.27 bits per heavy atom. The maximum atomic E-state index is 9.03. The molecular weight excluding hydrogens is 140 g/mol. The molecule has 0 aliphatic carbocycles. The maximum Gasteiger partial charge on any atom is 0.0794 e. The van der Waals surface area contributed by atoms with Crippen LogP contribution in [-0.4, -0.2) is 53.9 Å². The molecule has 0 saturated carbocycles. The molecule has 2 heterocycles. The Kier molecular flexibility index (Phi) is 2.11. The second kappa shape index (κ2) is 3.09. The molecule has 2 aliphatic heterocycles. The molecule has 0 aromatic heterocycles. The Labute approximate surface area is 67.6 Å². The van der Waals surface area contributed by atoms with E-state index in [0.29, 0.717) is 0 Å². The third-order valence-electron chi connectivity index (χ3n) is 2.54. The van der Waals surface area contributed by atoms with Crippen molar-refractivity contribution < 1.29 is 5.11 Å². The van der Waals surface area contributed by atoms with Gasteiger partial charge >= 0.3 is 0 Å². The van der Waals surface area contributed by atoms with Crippen LogP contribution in [0.2, 0.25) is 0 Å². The van der Waals surface area contributed by atoms with Gasteiger partial charge in [-0.25, -0.2) is 0 Å². The highest BCUT2D eigenvalue weighted by molar-refractivity contribution is 4.79. The van der Waals surface area contributed by atoms with E-state index in [4.69, 9.17) is 5.11 Å². The second-order valence-electron chi connectivity index (χ2n) is 3.66. The van der Waals surface area contributed by atoms with Gasteiger partial charge in [0.15, 0.2) is 0 Å². The molecule has 2 rings (SSSR count). The van der Waals surface area contributed by atoms with E-state index in [1.54, 1.807) is 0 Å². The van der Waals surface area contributed by atoms with Gasteiger partial charge in [-0.3, -0.25) is 9.80 Å². The van der Waals surface area contributed by atoms with Crippen LogP contribution in [0.25, 0.3) is 0 Å². The molecule has 0 bridgehead atoms.